The number of carbonyl (C=O) groups excluding carboxylic acids is 1. The fraction of sp³-hybridized carbons (Fsp3) is 0.619. The second-order valence-corrected chi connectivity index (χ2v) is 7.66. The van der Waals surface area contributed by atoms with Crippen LogP contribution in [0.3, 0.4) is 0 Å². The first kappa shape index (κ1) is 18.7. The Labute approximate surface area is 157 Å². The molecule has 0 bridgehead atoms. The maximum Gasteiger partial charge on any atom is 0.225 e. The van der Waals surface area contributed by atoms with Crippen molar-refractivity contribution in [3.8, 4) is 0 Å². The summed E-state index contributed by atoms with van der Waals surface area (Å²) in [5.41, 5.74) is 1.32. The van der Waals surface area contributed by atoms with Gasteiger partial charge < -0.3 is 15.5 Å². The number of rotatable bonds is 5. The highest BCUT2D eigenvalue weighted by atomic mass is 16.2. The molecule has 2 N–H and O–H groups in total. The van der Waals surface area contributed by atoms with Crippen molar-refractivity contribution in [2.45, 2.75) is 51.0 Å². The molecule has 1 aliphatic carbocycles. The van der Waals surface area contributed by atoms with Gasteiger partial charge in [0.2, 0.25) is 5.91 Å². The van der Waals surface area contributed by atoms with Gasteiger partial charge in [-0.1, -0.05) is 50.1 Å². The molecule has 0 aromatic heterocycles. The van der Waals surface area contributed by atoms with E-state index in [0.29, 0.717) is 17.9 Å². The number of aliphatic imine (C=N–C) groups is 1. The van der Waals surface area contributed by atoms with E-state index in [0.717, 1.165) is 44.9 Å². The molecule has 0 spiro atoms. The number of amides is 1. The van der Waals surface area contributed by atoms with Crippen LogP contribution in [0.25, 0.3) is 0 Å². The molecule has 2 aliphatic rings. The number of nitrogens with one attached hydrogen (secondary N) is 2. The van der Waals surface area contributed by atoms with Crippen molar-refractivity contribution in [3.63, 3.8) is 0 Å². The van der Waals surface area contributed by atoms with Crippen LogP contribution in [0.5, 0.6) is 0 Å². The predicted molar refractivity (Wildman–Crippen MR) is 106 cm³/mol. The average Bonchev–Trinajstić information content (AvgIpc) is 3.37. The van der Waals surface area contributed by atoms with Crippen LogP contribution in [0.2, 0.25) is 0 Å². The summed E-state index contributed by atoms with van der Waals surface area (Å²) in [6.45, 7) is 4.71. The highest BCUT2D eigenvalue weighted by Gasteiger charge is 2.32. The molecule has 1 aliphatic heterocycles. The van der Waals surface area contributed by atoms with E-state index < -0.39 is 0 Å². The summed E-state index contributed by atoms with van der Waals surface area (Å²) in [5, 5.41) is 6.92. The largest absolute Gasteiger partial charge is 0.356 e. The Bertz CT molecular complexity index is 610. The average molecular weight is 357 g/mol. The third kappa shape index (κ3) is 4.77. The van der Waals surface area contributed by atoms with Crippen LogP contribution in [0.1, 0.15) is 50.5 Å². The fourth-order valence-electron chi connectivity index (χ4n) is 4.05. The summed E-state index contributed by atoms with van der Waals surface area (Å²) in [4.78, 5) is 19.0. The van der Waals surface area contributed by atoms with Gasteiger partial charge in [0.05, 0.1) is 0 Å². The van der Waals surface area contributed by atoms with Gasteiger partial charge in [0.1, 0.15) is 0 Å². The van der Waals surface area contributed by atoms with Crippen LogP contribution in [0.4, 0.5) is 0 Å². The maximum atomic E-state index is 12.6. The van der Waals surface area contributed by atoms with Gasteiger partial charge in [0.25, 0.3) is 0 Å². The van der Waals surface area contributed by atoms with Crippen molar-refractivity contribution >= 4 is 11.9 Å². The second-order valence-electron chi connectivity index (χ2n) is 7.66. The minimum Gasteiger partial charge on any atom is -0.356 e. The molecule has 2 unspecified atom stereocenters. The van der Waals surface area contributed by atoms with E-state index >= 15 is 0 Å². The zero-order valence-electron chi connectivity index (χ0n) is 16.1. The molecule has 1 aromatic carbocycles. The number of benzene rings is 1. The number of carbonyl (C=O) groups is 1. The molecule has 5 heteroatoms. The van der Waals surface area contributed by atoms with Gasteiger partial charge >= 0.3 is 0 Å². The van der Waals surface area contributed by atoms with E-state index in [1.165, 1.54) is 18.4 Å². The Morgan fingerprint density at radius 1 is 1.23 bits per heavy atom. The monoisotopic (exact) mass is 356 g/mol. The van der Waals surface area contributed by atoms with Gasteiger partial charge in [-0.25, -0.2) is 0 Å². The number of likely N-dealkylation sites (tertiary alicyclic amines) is 1. The summed E-state index contributed by atoms with van der Waals surface area (Å²) < 4.78 is 0. The first-order valence-corrected chi connectivity index (χ1v) is 9.98. The molecule has 1 amide bonds. The van der Waals surface area contributed by atoms with Gasteiger partial charge in [-0.15, -0.1) is 0 Å². The molecular formula is C21H32N4O. The highest BCUT2D eigenvalue weighted by molar-refractivity contribution is 5.81. The van der Waals surface area contributed by atoms with Gasteiger partial charge in [-0.05, 0) is 30.7 Å². The Hall–Kier alpha value is -2.04. The van der Waals surface area contributed by atoms with Crippen LogP contribution in [-0.4, -0.2) is 49.5 Å². The Morgan fingerprint density at radius 2 is 1.96 bits per heavy atom. The molecule has 1 saturated heterocycles. The van der Waals surface area contributed by atoms with Crippen molar-refractivity contribution in [3.05, 3.63) is 35.9 Å². The van der Waals surface area contributed by atoms with Crippen LogP contribution >= 0.6 is 0 Å². The van der Waals surface area contributed by atoms with Crippen LogP contribution in [-0.2, 0) is 4.79 Å². The molecule has 26 heavy (non-hydrogen) atoms. The lowest BCUT2D eigenvalue weighted by Crippen LogP contribution is -2.46. The highest BCUT2D eigenvalue weighted by Crippen LogP contribution is 2.27. The number of hydrogen-bond donors (Lipinski definition) is 2. The fourth-order valence-corrected chi connectivity index (χ4v) is 4.05. The topological polar surface area (TPSA) is 56.7 Å². The summed E-state index contributed by atoms with van der Waals surface area (Å²) in [5.74, 6) is 1.89. The van der Waals surface area contributed by atoms with E-state index in [2.05, 4.69) is 46.8 Å². The first-order valence-electron chi connectivity index (χ1n) is 9.98. The van der Waals surface area contributed by atoms with Gasteiger partial charge in [-0.3, -0.25) is 9.79 Å². The van der Waals surface area contributed by atoms with Crippen molar-refractivity contribution in [1.29, 1.82) is 0 Å². The smallest absolute Gasteiger partial charge is 0.225 e. The Kier molecular flexibility index (Phi) is 6.53. The molecule has 1 saturated carbocycles. The summed E-state index contributed by atoms with van der Waals surface area (Å²) in [6, 6.07) is 10.8. The predicted octanol–water partition coefficient (Wildman–Crippen LogP) is 2.75. The molecule has 1 heterocycles. The lowest BCUT2D eigenvalue weighted by atomic mass is 10.0. The zero-order valence-corrected chi connectivity index (χ0v) is 16.1. The molecule has 0 radical (unpaired) electrons. The Balaban J connectivity index is 1.44. The number of guanidine groups is 1. The van der Waals surface area contributed by atoms with E-state index in [1.54, 1.807) is 7.05 Å². The van der Waals surface area contributed by atoms with Crippen molar-refractivity contribution < 1.29 is 4.79 Å². The van der Waals surface area contributed by atoms with E-state index in [4.69, 9.17) is 0 Å². The van der Waals surface area contributed by atoms with E-state index in [-0.39, 0.29) is 5.92 Å². The van der Waals surface area contributed by atoms with Gasteiger partial charge in [-0.2, -0.15) is 0 Å². The van der Waals surface area contributed by atoms with Crippen molar-refractivity contribution in [2.75, 3.05) is 26.7 Å². The molecule has 5 nitrogen and oxygen atoms in total. The lowest BCUT2D eigenvalue weighted by Gasteiger charge is -2.22. The summed E-state index contributed by atoms with van der Waals surface area (Å²) in [7, 11) is 1.80. The van der Waals surface area contributed by atoms with E-state index in [1.807, 2.05) is 11.0 Å². The minimum atomic E-state index is 0.276. The third-order valence-corrected chi connectivity index (χ3v) is 5.71. The number of hydrogen-bond acceptors (Lipinski definition) is 2. The molecule has 1 aromatic rings. The standard InChI is InChI=1S/C21H32N4O/c1-16(17-8-4-3-5-9-17)14-23-21(22-2)24-19-12-13-25(15-19)20(26)18-10-6-7-11-18/h3-5,8-9,16,18-19H,6-7,10-15H2,1-2H3,(H2,22,23,24). The van der Waals surface area contributed by atoms with Crippen molar-refractivity contribution in [2.24, 2.45) is 10.9 Å². The first-order chi connectivity index (χ1) is 12.7. The molecule has 3 rings (SSSR count). The maximum absolute atomic E-state index is 12.6. The quantitative estimate of drug-likeness (QED) is 0.630. The second kappa shape index (κ2) is 9.06. The van der Waals surface area contributed by atoms with Gasteiger partial charge in [0.15, 0.2) is 5.96 Å². The molecule has 2 fully saturated rings. The van der Waals surface area contributed by atoms with E-state index in [9.17, 15) is 4.79 Å². The summed E-state index contributed by atoms with van der Waals surface area (Å²) >= 11 is 0. The van der Waals surface area contributed by atoms with Crippen LogP contribution in [0.15, 0.2) is 35.3 Å². The molecular weight excluding hydrogens is 324 g/mol. The van der Waals surface area contributed by atoms with Crippen LogP contribution in [0, 0.1) is 5.92 Å². The minimum absolute atomic E-state index is 0.276. The molecule has 142 valence electrons. The van der Waals surface area contributed by atoms with Crippen molar-refractivity contribution in [1.82, 2.24) is 15.5 Å². The van der Waals surface area contributed by atoms with Crippen LogP contribution < -0.4 is 10.6 Å². The normalized spacial score (nSPS) is 22.5. The zero-order chi connectivity index (χ0) is 18.4. The number of nitrogens with zero attached hydrogens (tertiary/aromatic N) is 2. The SMILES string of the molecule is CN=C(NCC(C)c1ccccc1)NC1CCN(C(=O)C2CCCC2)C1. The summed E-state index contributed by atoms with van der Waals surface area (Å²) in [6.07, 6.45) is 5.57. The van der Waals surface area contributed by atoms with Gasteiger partial charge in [0, 0.05) is 38.6 Å². The lowest BCUT2D eigenvalue weighted by molar-refractivity contribution is -0.134. The third-order valence-electron chi connectivity index (χ3n) is 5.71. The molecule has 2 atom stereocenters. The Morgan fingerprint density at radius 3 is 2.65 bits per heavy atom.